The number of anilines is 2. The quantitative estimate of drug-likeness (QED) is 0.579. The Hall–Kier alpha value is -3.28. The molecule has 6 heteroatoms. The molecule has 0 aliphatic heterocycles. The normalized spacial score (nSPS) is 10.3. The molecule has 0 aliphatic carbocycles. The molecule has 0 spiro atoms. The van der Waals surface area contributed by atoms with Crippen molar-refractivity contribution in [2.75, 3.05) is 5.32 Å². The van der Waals surface area contributed by atoms with Gasteiger partial charge in [0.25, 0.3) is 5.69 Å². The molecule has 0 aliphatic rings. The van der Waals surface area contributed by atoms with Gasteiger partial charge in [-0.3, -0.25) is 10.1 Å². The topological polar surface area (TPSA) is 81.0 Å². The minimum Gasteiger partial charge on any atom is -0.324 e. The van der Waals surface area contributed by atoms with Gasteiger partial charge >= 0.3 is 0 Å². The molecule has 114 valence electrons. The Labute approximate surface area is 133 Å². The molecule has 6 nitrogen and oxygen atoms in total. The third-order valence-corrected chi connectivity index (χ3v) is 3.32. The number of benzene rings is 2. The lowest BCUT2D eigenvalue weighted by Crippen LogP contribution is -1.98. The highest BCUT2D eigenvalue weighted by atomic mass is 16.6. The molecule has 0 amide bonds. The monoisotopic (exact) mass is 306 g/mol. The molecule has 0 saturated heterocycles. The van der Waals surface area contributed by atoms with Crippen LogP contribution >= 0.6 is 0 Å². The lowest BCUT2D eigenvalue weighted by Gasteiger charge is -2.07. The van der Waals surface area contributed by atoms with Crippen LogP contribution in [0.4, 0.5) is 17.3 Å². The van der Waals surface area contributed by atoms with E-state index in [1.54, 1.807) is 24.4 Å². The average Bonchev–Trinajstić information content (AvgIpc) is 2.57. The Bertz CT molecular complexity index is 847. The van der Waals surface area contributed by atoms with Crippen LogP contribution in [0.15, 0.2) is 60.8 Å². The van der Waals surface area contributed by atoms with Crippen molar-refractivity contribution in [2.24, 2.45) is 0 Å². The number of hydrogen-bond donors (Lipinski definition) is 1. The van der Waals surface area contributed by atoms with Gasteiger partial charge in [0.2, 0.25) is 5.95 Å². The number of nitrogens with zero attached hydrogens (tertiary/aromatic N) is 3. The largest absolute Gasteiger partial charge is 0.324 e. The maximum absolute atomic E-state index is 10.9. The second-order valence-electron chi connectivity index (χ2n) is 5.06. The van der Waals surface area contributed by atoms with Crippen molar-refractivity contribution in [1.29, 1.82) is 0 Å². The molecule has 2 aromatic carbocycles. The van der Waals surface area contributed by atoms with Gasteiger partial charge in [-0.2, -0.15) is 0 Å². The van der Waals surface area contributed by atoms with E-state index in [2.05, 4.69) is 15.3 Å². The number of aromatic nitrogens is 2. The van der Waals surface area contributed by atoms with Gasteiger partial charge in [-0.15, -0.1) is 0 Å². The molecule has 0 atom stereocenters. The summed E-state index contributed by atoms with van der Waals surface area (Å²) in [5.74, 6) is 0.442. The SMILES string of the molecule is Cc1ccc(Nc2nccc(-c3cccc([N+](=O)[O-])c3)n2)cc1. The van der Waals surface area contributed by atoms with Gasteiger partial charge < -0.3 is 5.32 Å². The van der Waals surface area contributed by atoms with Gasteiger partial charge in [-0.05, 0) is 25.1 Å². The van der Waals surface area contributed by atoms with Crippen LogP contribution in [-0.2, 0) is 0 Å². The highest BCUT2D eigenvalue weighted by Crippen LogP contribution is 2.23. The van der Waals surface area contributed by atoms with Crippen LogP contribution < -0.4 is 5.32 Å². The van der Waals surface area contributed by atoms with Crippen molar-refractivity contribution >= 4 is 17.3 Å². The van der Waals surface area contributed by atoms with E-state index in [9.17, 15) is 10.1 Å². The molecule has 0 radical (unpaired) electrons. The molecule has 3 rings (SSSR count). The van der Waals surface area contributed by atoms with Crippen molar-refractivity contribution in [3.8, 4) is 11.3 Å². The summed E-state index contributed by atoms with van der Waals surface area (Å²) in [5.41, 5.74) is 3.38. The summed E-state index contributed by atoms with van der Waals surface area (Å²) in [6, 6.07) is 16.0. The lowest BCUT2D eigenvalue weighted by molar-refractivity contribution is -0.384. The van der Waals surface area contributed by atoms with Gasteiger partial charge in [-0.1, -0.05) is 29.8 Å². The Morgan fingerprint density at radius 2 is 1.87 bits per heavy atom. The molecular formula is C17H14N4O2. The number of nitrogens with one attached hydrogen (secondary N) is 1. The van der Waals surface area contributed by atoms with Gasteiger partial charge in [0.15, 0.2) is 0 Å². The first kappa shape index (κ1) is 14.6. The van der Waals surface area contributed by atoms with Crippen LogP contribution in [0.1, 0.15) is 5.56 Å². The fourth-order valence-electron chi connectivity index (χ4n) is 2.12. The van der Waals surface area contributed by atoms with Crippen LogP contribution in [0.2, 0.25) is 0 Å². The highest BCUT2D eigenvalue weighted by Gasteiger charge is 2.09. The number of hydrogen-bond acceptors (Lipinski definition) is 5. The standard InChI is InChI=1S/C17H14N4O2/c1-12-5-7-14(8-6-12)19-17-18-10-9-16(20-17)13-3-2-4-15(11-13)21(22)23/h2-11H,1H3,(H,18,19,20). The van der Waals surface area contributed by atoms with E-state index in [-0.39, 0.29) is 5.69 Å². The Morgan fingerprint density at radius 1 is 1.09 bits per heavy atom. The molecule has 0 unspecified atom stereocenters. The molecule has 3 aromatic rings. The third kappa shape index (κ3) is 3.49. The van der Waals surface area contributed by atoms with Crippen molar-refractivity contribution in [1.82, 2.24) is 9.97 Å². The number of nitro benzene ring substituents is 1. The molecule has 0 bridgehead atoms. The first-order chi connectivity index (χ1) is 11.1. The molecule has 1 aromatic heterocycles. The highest BCUT2D eigenvalue weighted by molar-refractivity contribution is 5.64. The molecule has 23 heavy (non-hydrogen) atoms. The van der Waals surface area contributed by atoms with E-state index < -0.39 is 4.92 Å². The van der Waals surface area contributed by atoms with Crippen LogP contribution in [-0.4, -0.2) is 14.9 Å². The fourth-order valence-corrected chi connectivity index (χ4v) is 2.12. The van der Waals surface area contributed by atoms with Gasteiger partial charge in [-0.25, -0.2) is 9.97 Å². The smallest absolute Gasteiger partial charge is 0.270 e. The summed E-state index contributed by atoms with van der Waals surface area (Å²) < 4.78 is 0. The second-order valence-corrected chi connectivity index (χ2v) is 5.06. The van der Waals surface area contributed by atoms with Crippen LogP contribution in [0, 0.1) is 17.0 Å². The maximum Gasteiger partial charge on any atom is 0.270 e. The summed E-state index contributed by atoms with van der Waals surface area (Å²) in [4.78, 5) is 19.1. The van der Waals surface area contributed by atoms with E-state index in [1.165, 1.54) is 17.7 Å². The number of aryl methyl sites for hydroxylation is 1. The maximum atomic E-state index is 10.9. The molecule has 1 heterocycles. The first-order valence-corrected chi connectivity index (χ1v) is 7.03. The number of rotatable bonds is 4. The van der Waals surface area contributed by atoms with Crippen molar-refractivity contribution in [3.05, 3.63) is 76.5 Å². The summed E-state index contributed by atoms with van der Waals surface area (Å²) >= 11 is 0. The van der Waals surface area contributed by atoms with Gasteiger partial charge in [0.05, 0.1) is 10.6 Å². The zero-order valence-corrected chi connectivity index (χ0v) is 12.4. The predicted octanol–water partition coefficient (Wildman–Crippen LogP) is 4.10. The van der Waals surface area contributed by atoms with Crippen LogP contribution in [0.25, 0.3) is 11.3 Å². The van der Waals surface area contributed by atoms with Crippen LogP contribution in [0.5, 0.6) is 0 Å². The fraction of sp³-hybridized carbons (Fsp3) is 0.0588. The van der Waals surface area contributed by atoms with Crippen molar-refractivity contribution < 1.29 is 4.92 Å². The van der Waals surface area contributed by atoms with E-state index in [0.717, 1.165) is 5.69 Å². The zero-order valence-electron chi connectivity index (χ0n) is 12.4. The zero-order chi connectivity index (χ0) is 16.2. The lowest BCUT2D eigenvalue weighted by atomic mass is 10.1. The second kappa shape index (κ2) is 6.23. The van der Waals surface area contributed by atoms with E-state index in [1.807, 2.05) is 31.2 Å². The van der Waals surface area contributed by atoms with Crippen LogP contribution in [0.3, 0.4) is 0 Å². The van der Waals surface area contributed by atoms with E-state index in [4.69, 9.17) is 0 Å². The average molecular weight is 306 g/mol. The summed E-state index contributed by atoms with van der Waals surface area (Å²) in [7, 11) is 0. The Kier molecular flexibility index (Phi) is 3.97. The summed E-state index contributed by atoms with van der Waals surface area (Å²) in [5, 5.41) is 14.0. The van der Waals surface area contributed by atoms with Crippen molar-refractivity contribution in [3.63, 3.8) is 0 Å². The molecule has 1 N–H and O–H groups in total. The number of nitro groups is 1. The van der Waals surface area contributed by atoms with Gasteiger partial charge in [0.1, 0.15) is 0 Å². The minimum absolute atomic E-state index is 0.0363. The third-order valence-electron chi connectivity index (χ3n) is 3.32. The van der Waals surface area contributed by atoms with Crippen molar-refractivity contribution in [2.45, 2.75) is 6.92 Å². The van der Waals surface area contributed by atoms with E-state index in [0.29, 0.717) is 17.2 Å². The Balaban J connectivity index is 1.89. The number of non-ortho nitro benzene ring substituents is 1. The molecule has 0 saturated carbocycles. The van der Waals surface area contributed by atoms with Gasteiger partial charge in [0, 0.05) is 29.6 Å². The first-order valence-electron chi connectivity index (χ1n) is 7.03. The summed E-state index contributed by atoms with van der Waals surface area (Å²) in [6.07, 6.45) is 1.62. The predicted molar refractivity (Wildman–Crippen MR) is 88.6 cm³/mol. The molecule has 0 fully saturated rings. The molecular weight excluding hydrogens is 292 g/mol. The minimum atomic E-state index is -0.420. The summed E-state index contributed by atoms with van der Waals surface area (Å²) in [6.45, 7) is 2.02. The van der Waals surface area contributed by atoms with E-state index >= 15 is 0 Å². The Morgan fingerprint density at radius 3 is 2.61 bits per heavy atom.